The number of aliphatic hydroxyl groups is 1. The van der Waals surface area contributed by atoms with Crippen LogP contribution in [0.25, 0.3) is 10.6 Å². The van der Waals surface area contributed by atoms with E-state index in [2.05, 4.69) is 20.6 Å². The van der Waals surface area contributed by atoms with Gasteiger partial charge in [0.1, 0.15) is 0 Å². The molecule has 0 spiro atoms. The molecule has 2 heterocycles. The third kappa shape index (κ3) is 3.49. The van der Waals surface area contributed by atoms with Crippen molar-refractivity contribution < 1.29 is 9.90 Å². The van der Waals surface area contributed by atoms with Gasteiger partial charge in [-0.3, -0.25) is 4.79 Å². The summed E-state index contributed by atoms with van der Waals surface area (Å²) in [5.41, 5.74) is 1.67. The minimum atomic E-state index is -0.135. The number of thiazole rings is 2. The first-order valence-electron chi connectivity index (χ1n) is 5.66. The molecule has 0 unspecified atom stereocenters. The fourth-order valence-corrected chi connectivity index (χ4v) is 3.24. The highest BCUT2D eigenvalue weighted by Gasteiger charge is 2.13. The van der Waals surface area contributed by atoms with E-state index in [1.165, 1.54) is 29.6 Å². The third-order valence-electron chi connectivity index (χ3n) is 2.20. The normalized spacial score (nSPS) is 10.5. The van der Waals surface area contributed by atoms with Gasteiger partial charge in [-0.2, -0.15) is 0 Å². The van der Waals surface area contributed by atoms with Gasteiger partial charge in [0.05, 0.1) is 22.9 Å². The van der Waals surface area contributed by atoms with Crippen molar-refractivity contribution in [3.63, 3.8) is 0 Å². The first-order chi connectivity index (χ1) is 9.10. The molecule has 2 aromatic rings. The van der Waals surface area contributed by atoms with Crippen molar-refractivity contribution in [3.05, 3.63) is 11.1 Å². The van der Waals surface area contributed by atoms with Crippen LogP contribution in [-0.4, -0.2) is 34.1 Å². The highest BCUT2D eigenvalue weighted by Crippen LogP contribution is 2.34. The van der Waals surface area contributed by atoms with Gasteiger partial charge in [-0.1, -0.05) is 11.3 Å². The van der Waals surface area contributed by atoms with Gasteiger partial charge in [0.15, 0.2) is 10.3 Å². The third-order valence-corrected chi connectivity index (χ3v) is 4.10. The Hall–Kier alpha value is -1.51. The molecule has 2 aromatic heterocycles. The van der Waals surface area contributed by atoms with Gasteiger partial charge in [-0.25, -0.2) is 9.97 Å². The van der Waals surface area contributed by atoms with Crippen molar-refractivity contribution in [1.82, 2.24) is 9.97 Å². The monoisotopic (exact) mass is 298 g/mol. The first kappa shape index (κ1) is 13.9. The number of carbonyl (C=O) groups is 1. The molecule has 102 valence electrons. The van der Waals surface area contributed by atoms with Gasteiger partial charge < -0.3 is 15.7 Å². The number of anilines is 2. The Balaban J connectivity index is 2.19. The van der Waals surface area contributed by atoms with Crippen molar-refractivity contribution in [1.29, 1.82) is 0 Å². The fourth-order valence-electron chi connectivity index (χ4n) is 1.46. The SMILES string of the molecule is CC(=O)Nc1nc(C)c(-c2csc(NCCO)n2)s1. The second-order valence-corrected chi connectivity index (χ2v) is 5.66. The lowest BCUT2D eigenvalue weighted by Gasteiger charge is -1.96. The van der Waals surface area contributed by atoms with Crippen molar-refractivity contribution >= 4 is 38.8 Å². The van der Waals surface area contributed by atoms with E-state index < -0.39 is 0 Å². The maximum atomic E-state index is 11.0. The molecule has 0 aromatic carbocycles. The van der Waals surface area contributed by atoms with Crippen LogP contribution in [0.1, 0.15) is 12.6 Å². The van der Waals surface area contributed by atoms with E-state index in [4.69, 9.17) is 5.11 Å². The maximum absolute atomic E-state index is 11.0. The molecule has 0 fully saturated rings. The van der Waals surface area contributed by atoms with Gasteiger partial charge in [0.2, 0.25) is 5.91 Å². The van der Waals surface area contributed by atoms with Crippen molar-refractivity contribution in [3.8, 4) is 10.6 Å². The molecule has 0 aliphatic heterocycles. The lowest BCUT2D eigenvalue weighted by molar-refractivity contribution is -0.114. The summed E-state index contributed by atoms with van der Waals surface area (Å²) in [6, 6.07) is 0. The number of aryl methyl sites for hydroxylation is 1. The molecule has 0 aliphatic rings. The molecular formula is C11H14N4O2S2. The zero-order chi connectivity index (χ0) is 13.8. The molecule has 3 N–H and O–H groups in total. The second kappa shape index (κ2) is 6.09. The fraction of sp³-hybridized carbons (Fsp3) is 0.364. The minimum absolute atomic E-state index is 0.0706. The highest BCUT2D eigenvalue weighted by molar-refractivity contribution is 7.19. The van der Waals surface area contributed by atoms with E-state index in [1.807, 2.05) is 12.3 Å². The summed E-state index contributed by atoms with van der Waals surface area (Å²) in [4.78, 5) is 20.7. The Morgan fingerprint density at radius 2 is 2.21 bits per heavy atom. The zero-order valence-electron chi connectivity index (χ0n) is 10.6. The molecule has 2 rings (SSSR count). The van der Waals surface area contributed by atoms with E-state index >= 15 is 0 Å². The number of hydrogen-bond acceptors (Lipinski definition) is 7. The van der Waals surface area contributed by atoms with Gasteiger partial charge >= 0.3 is 0 Å². The minimum Gasteiger partial charge on any atom is -0.395 e. The lowest BCUT2D eigenvalue weighted by atomic mass is 10.3. The number of aliphatic hydroxyl groups excluding tert-OH is 1. The molecule has 6 nitrogen and oxygen atoms in total. The van der Waals surface area contributed by atoms with Crippen LogP contribution in [0.15, 0.2) is 5.38 Å². The Morgan fingerprint density at radius 3 is 2.89 bits per heavy atom. The first-order valence-corrected chi connectivity index (χ1v) is 7.35. The predicted molar refractivity (Wildman–Crippen MR) is 77.8 cm³/mol. The number of carbonyl (C=O) groups excluding carboxylic acids is 1. The summed E-state index contributed by atoms with van der Waals surface area (Å²) in [7, 11) is 0. The second-order valence-electron chi connectivity index (χ2n) is 3.80. The van der Waals surface area contributed by atoms with Crippen LogP contribution in [0.3, 0.4) is 0 Å². The highest BCUT2D eigenvalue weighted by atomic mass is 32.1. The van der Waals surface area contributed by atoms with Gasteiger partial charge in [-0.15, -0.1) is 11.3 Å². The Bertz CT molecular complexity index is 579. The Morgan fingerprint density at radius 1 is 1.42 bits per heavy atom. The standard InChI is InChI=1S/C11H14N4O2S2/c1-6-9(19-11(13-6)14-7(2)17)8-5-18-10(15-8)12-3-4-16/h5,16H,3-4H2,1-2H3,(H,12,15)(H,13,14,17). The van der Waals surface area contributed by atoms with Gasteiger partial charge in [0.25, 0.3) is 0 Å². The number of nitrogens with zero attached hydrogens (tertiary/aromatic N) is 2. The van der Waals surface area contributed by atoms with Crippen LogP contribution in [0.4, 0.5) is 10.3 Å². The number of hydrogen-bond donors (Lipinski definition) is 3. The zero-order valence-corrected chi connectivity index (χ0v) is 12.2. The van der Waals surface area contributed by atoms with Crippen LogP contribution in [-0.2, 0) is 4.79 Å². The maximum Gasteiger partial charge on any atom is 0.223 e. The lowest BCUT2D eigenvalue weighted by Crippen LogP contribution is -2.04. The van der Waals surface area contributed by atoms with Crippen LogP contribution in [0, 0.1) is 6.92 Å². The van der Waals surface area contributed by atoms with Crippen molar-refractivity contribution in [2.75, 3.05) is 23.8 Å². The average molecular weight is 298 g/mol. The molecule has 0 saturated carbocycles. The quantitative estimate of drug-likeness (QED) is 0.785. The molecule has 0 aliphatic carbocycles. The van der Waals surface area contributed by atoms with Crippen molar-refractivity contribution in [2.45, 2.75) is 13.8 Å². The molecule has 0 radical (unpaired) electrons. The molecule has 0 atom stereocenters. The van der Waals surface area contributed by atoms with E-state index in [1.54, 1.807) is 0 Å². The molecule has 0 saturated heterocycles. The Kier molecular flexibility index (Phi) is 4.46. The number of aromatic nitrogens is 2. The summed E-state index contributed by atoms with van der Waals surface area (Å²) >= 11 is 2.88. The summed E-state index contributed by atoms with van der Waals surface area (Å²) in [6.45, 7) is 3.89. The molecule has 8 heteroatoms. The summed E-state index contributed by atoms with van der Waals surface area (Å²) in [5, 5.41) is 17.7. The van der Waals surface area contributed by atoms with E-state index in [-0.39, 0.29) is 12.5 Å². The summed E-state index contributed by atoms with van der Waals surface area (Å²) in [5.74, 6) is -0.135. The van der Waals surface area contributed by atoms with Gasteiger partial charge in [-0.05, 0) is 6.92 Å². The number of nitrogens with one attached hydrogen (secondary N) is 2. The van der Waals surface area contributed by atoms with E-state index in [0.717, 1.165) is 21.4 Å². The molecule has 1 amide bonds. The van der Waals surface area contributed by atoms with Crippen molar-refractivity contribution in [2.24, 2.45) is 0 Å². The summed E-state index contributed by atoms with van der Waals surface area (Å²) < 4.78 is 0. The summed E-state index contributed by atoms with van der Waals surface area (Å²) in [6.07, 6.45) is 0. The largest absolute Gasteiger partial charge is 0.395 e. The van der Waals surface area contributed by atoms with Crippen LogP contribution >= 0.6 is 22.7 Å². The average Bonchev–Trinajstić information content (AvgIpc) is 2.92. The molecule has 0 bridgehead atoms. The van der Waals surface area contributed by atoms with Gasteiger partial charge in [0, 0.05) is 18.8 Å². The molecule has 19 heavy (non-hydrogen) atoms. The predicted octanol–water partition coefficient (Wildman–Crippen LogP) is 1.94. The topological polar surface area (TPSA) is 87.1 Å². The number of rotatable bonds is 5. The van der Waals surface area contributed by atoms with Crippen LogP contribution in [0.5, 0.6) is 0 Å². The molecular weight excluding hydrogens is 284 g/mol. The van der Waals surface area contributed by atoms with Crippen LogP contribution < -0.4 is 10.6 Å². The van der Waals surface area contributed by atoms with E-state index in [9.17, 15) is 4.79 Å². The number of amides is 1. The Labute approximate surface area is 118 Å². The van der Waals surface area contributed by atoms with E-state index in [0.29, 0.717) is 11.7 Å². The smallest absolute Gasteiger partial charge is 0.223 e. The van der Waals surface area contributed by atoms with Crippen LogP contribution in [0.2, 0.25) is 0 Å².